The van der Waals surface area contributed by atoms with Gasteiger partial charge in [0.05, 0.1) is 34.1 Å². The van der Waals surface area contributed by atoms with Gasteiger partial charge in [0.2, 0.25) is 0 Å². The van der Waals surface area contributed by atoms with Crippen LogP contribution in [0.3, 0.4) is 0 Å². The summed E-state index contributed by atoms with van der Waals surface area (Å²) in [6, 6.07) is 13.1. The zero-order valence-corrected chi connectivity index (χ0v) is 15.2. The van der Waals surface area contributed by atoms with Gasteiger partial charge >= 0.3 is 0 Å². The average Bonchev–Trinajstić information content (AvgIpc) is 3.22. The minimum absolute atomic E-state index is 0.241. The van der Waals surface area contributed by atoms with E-state index in [1.54, 1.807) is 48.5 Å². The van der Waals surface area contributed by atoms with Crippen LogP contribution in [-0.2, 0) is 6.54 Å². The highest BCUT2D eigenvalue weighted by Gasteiger charge is 2.36. The first-order chi connectivity index (χ1) is 13.0. The molecule has 2 heterocycles. The van der Waals surface area contributed by atoms with E-state index in [-0.39, 0.29) is 17.7 Å². The number of nitrogens with zero attached hydrogens (tertiary/aromatic N) is 2. The first-order valence-electron chi connectivity index (χ1n) is 8.31. The maximum Gasteiger partial charge on any atom is 0.266 e. The third-order valence-corrected chi connectivity index (χ3v) is 5.10. The Bertz CT molecular complexity index is 1020. The van der Waals surface area contributed by atoms with Crippen molar-refractivity contribution in [3.8, 4) is 0 Å². The van der Waals surface area contributed by atoms with E-state index < -0.39 is 0 Å². The maximum atomic E-state index is 12.5. The van der Waals surface area contributed by atoms with Gasteiger partial charge < -0.3 is 5.32 Å². The minimum Gasteiger partial charge on any atom is -0.346 e. The molecule has 0 bridgehead atoms. The van der Waals surface area contributed by atoms with Crippen molar-refractivity contribution in [1.29, 1.82) is 0 Å². The lowest BCUT2D eigenvalue weighted by Gasteiger charge is -2.14. The van der Waals surface area contributed by atoms with Crippen molar-refractivity contribution < 1.29 is 14.4 Å². The third-order valence-electron chi connectivity index (χ3n) is 4.28. The van der Waals surface area contributed by atoms with Gasteiger partial charge in [-0.3, -0.25) is 14.4 Å². The van der Waals surface area contributed by atoms with Gasteiger partial charge in [0, 0.05) is 10.9 Å². The Morgan fingerprint density at radius 1 is 1.04 bits per heavy atom. The van der Waals surface area contributed by atoms with Crippen molar-refractivity contribution >= 4 is 34.7 Å². The van der Waals surface area contributed by atoms with Crippen molar-refractivity contribution in [3.05, 3.63) is 81.3 Å². The number of aryl methyl sites for hydroxylation is 1. The number of carbonyl (C=O) groups is 3. The lowest BCUT2D eigenvalue weighted by Crippen LogP contribution is -2.29. The van der Waals surface area contributed by atoms with Crippen molar-refractivity contribution in [2.24, 2.45) is 0 Å². The highest BCUT2D eigenvalue weighted by Crippen LogP contribution is 2.28. The monoisotopic (exact) mass is 377 g/mol. The number of benzene rings is 2. The van der Waals surface area contributed by atoms with Gasteiger partial charge in [0.25, 0.3) is 17.7 Å². The highest BCUT2D eigenvalue weighted by atomic mass is 32.1. The number of carbonyl (C=O) groups excluding carboxylic acids is 3. The number of fused-ring (bicyclic) bond motifs is 1. The number of rotatable bonds is 4. The predicted molar refractivity (Wildman–Crippen MR) is 102 cm³/mol. The Hall–Kier alpha value is -3.32. The van der Waals surface area contributed by atoms with Crippen LogP contribution in [-0.4, -0.2) is 22.7 Å². The summed E-state index contributed by atoms with van der Waals surface area (Å²) in [5.41, 5.74) is 2.48. The SMILES string of the molecule is Cc1nc(CNC(=O)c2ccc(N3C(=O)c4ccccc4C3=O)cc2)cs1. The summed E-state index contributed by atoms with van der Waals surface area (Å²) in [6.07, 6.45) is 0. The van der Waals surface area contributed by atoms with Crippen LogP contribution in [0.1, 0.15) is 41.8 Å². The second-order valence-corrected chi connectivity index (χ2v) is 7.14. The van der Waals surface area contributed by atoms with E-state index in [2.05, 4.69) is 10.3 Å². The van der Waals surface area contributed by atoms with Crippen molar-refractivity contribution in [2.45, 2.75) is 13.5 Å². The van der Waals surface area contributed by atoms with Crippen molar-refractivity contribution in [3.63, 3.8) is 0 Å². The molecule has 0 saturated carbocycles. The molecule has 0 aliphatic carbocycles. The van der Waals surface area contributed by atoms with Gasteiger partial charge in [-0.15, -0.1) is 11.3 Å². The average molecular weight is 377 g/mol. The van der Waals surface area contributed by atoms with Crippen LogP contribution in [0, 0.1) is 6.92 Å². The second-order valence-electron chi connectivity index (χ2n) is 6.08. The van der Waals surface area contributed by atoms with E-state index in [4.69, 9.17) is 0 Å². The molecule has 3 amide bonds. The number of imide groups is 1. The summed E-state index contributed by atoms with van der Waals surface area (Å²) in [7, 11) is 0. The molecule has 134 valence electrons. The highest BCUT2D eigenvalue weighted by molar-refractivity contribution is 7.09. The van der Waals surface area contributed by atoms with Crippen molar-refractivity contribution in [2.75, 3.05) is 4.90 Å². The molecule has 27 heavy (non-hydrogen) atoms. The molecular formula is C20H15N3O3S. The zero-order valence-electron chi connectivity index (χ0n) is 14.4. The number of anilines is 1. The third kappa shape index (κ3) is 3.13. The van der Waals surface area contributed by atoms with Crippen LogP contribution >= 0.6 is 11.3 Å². The topological polar surface area (TPSA) is 79.4 Å². The first-order valence-corrected chi connectivity index (χ1v) is 9.19. The van der Waals surface area contributed by atoms with E-state index in [9.17, 15) is 14.4 Å². The normalized spacial score (nSPS) is 13.0. The zero-order chi connectivity index (χ0) is 19.0. The number of thiazole rings is 1. The molecule has 1 N–H and O–H groups in total. The minimum atomic E-state index is -0.355. The Labute approximate surface area is 159 Å². The van der Waals surface area contributed by atoms with Crippen LogP contribution in [0.5, 0.6) is 0 Å². The molecule has 7 heteroatoms. The van der Waals surface area contributed by atoms with Crippen LogP contribution in [0.2, 0.25) is 0 Å². The fourth-order valence-electron chi connectivity index (χ4n) is 2.95. The number of nitrogens with one attached hydrogen (secondary N) is 1. The first kappa shape index (κ1) is 17.1. The van der Waals surface area contributed by atoms with Crippen LogP contribution < -0.4 is 10.2 Å². The molecule has 1 aliphatic rings. The molecule has 0 radical (unpaired) electrons. The van der Waals surface area contributed by atoms with Gasteiger partial charge in [0.1, 0.15) is 0 Å². The van der Waals surface area contributed by atoms with Gasteiger partial charge in [0.15, 0.2) is 0 Å². The van der Waals surface area contributed by atoms with E-state index in [1.807, 2.05) is 12.3 Å². The summed E-state index contributed by atoms with van der Waals surface area (Å²) >= 11 is 1.53. The molecule has 0 unspecified atom stereocenters. The molecule has 3 aromatic rings. The number of amides is 3. The summed E-state index contributed by atoms with van der Waals surface area (Å²) in [5.74, 6) is -0.951. The summed E-state index contributed by atoms with van der Waals surface area (Å²) in [6.45, 7) is 2.26. The van der Waals surface area contributed by atoms with Crippen LogP contribution in [0.25, 0.3) is 0 Å². The number of aromatic nitrogens is 1. The molecule has 2 aromatic carbocycles. The smallest absolute Gasteiger partial charge is 0.266 e. The lowest BCUT2D eigenvalue weighted by molar-refractivity contribution is 0.0923. The van der Waals surface area contributed by atoms with E-state index in [0.717, 1.165) is 15.6 Å². The Kier molecular flexibility index (Phi) is 4.29. The predicted octanol–water partition coefficient (Wildman–Crippen LogP) is 3.18. The number of hydrogen-bond donors (Lipinski definition) is 1. The molecule has 1 aromatic heterocycles. The lowest BCUT2D eigenvalue weighted by atomic mass is 10.1. The van der Waals surface area contributed by atoms with Crippen molar-refractivity contribution in [1.82, 2.24) is 10.3 Å². The molecule has 0 spiro atoms. The quantitative estimate of drug-likeness (QED) is 0.708. The van der Waals surface area contributed by atoms with Gasteiger partial charge in [-0.25, -0.2) is 9.88 Å². The number of hydrogen-bond acceptors (Lipinski definition) is 5. The van der Waals surface area contributed by atoms with Crippen LogP contribution in [0.15, 0.2) is 53.9 Å². The summed E-state index contributed by atoms with van der Waals surface area (Å²) in [4.78, 5) is 42.7. The Morgan fingerprint density at radius 3 is 2.22 bits per heavy atom. The fourth-order valence-corrected chi connectivity index (χ4v) is 3.56. The molecule has 0 atom stereocenters. The summed E-state index contributed by atoms with van der Waals surface area (Å²) in [5, 5.41) is 5.66. The molecule has 0 fully saturated rings. The van der Waals surface area contributed by atoms with E-state index in [0.29, 0.717) is 28.9 Å². The van der Waals surface area contributed by atoms with E-state index >= 15 is 0 Å². The molecule has 1 aliphatic heterocycles. The molecule has 0 saturated heterocycles. The van der Waals surface area contributed by atoms with Gasteiger partial charge in [-0.1, -0.05) is 12.1 Å². The fraction of sp³-hybridized carbons (Fsp3) is 0.100. The molecule has 4 rings (SSSR count). The molecular weight excluding hydrogens is 362 g/mol. The summed E-state index contributed by atoms with van der Waals surface area (Å²) < 4.78 is 0. The van der Waals surface area contributed by atoms with Gasteiger partial charge in [-0.05, 0) is 43.3 Å². The maximum absolute atomic E-state index is 12.5. The van der Waals surface area contributed by atoms with Crippen LogP contribution in [0.4, 0.5) is 5.69 Å². The Morgan fingerprint density at radius 2 is 1.67 bits per heavy atom. The second kappa shape index (κ2) is 6.77. The standard InChI is InChI=1S/C20H15N3O3S/c1-12-22-14(11-27-12)10-21-18(24)13-6-8-15(9-7-13)23-19(25)16-4-2-3-5-17(16)20(23)26/h2-9,11H,10H2,1H3,(H,21,24). The molecule has 6 nitrogen and oxygen atoms in total. The van der Waals surface area contributed by atoms with E-state index in [1.165, 1.54) is 11.3 Å². The van der Waals surface area contributed by atoms with Gasteiger partial charge in [-0.2, -0.15) is 0 Å². The Balaban J connectivity index is 1.49. The largest absolute Gasteiger partial charge is 0.346 e.